The molecule has 0 bridgehead atoms. The molecular formula is C16H14N4O7. The van der Waals surface area contributed by atoms with Crippen LogP contribution in [0, 0.1) is 20.2 Å². The standard InChI is InChI=1S/C16H14N4O7/c1-27-15(10-5-3-2-4-6-10)16(22)18-17-9-11-7-12(19(23)24)8-13(14(11)21)20(25)26/h2-9,15,21H,1H3,(H,18,22)/b17-9-. The van der Waals surface area contributed by atoms with E-state index < -0.39 is 39.0 Å². The van der Waals surface area contributed by atoms with E-state index in [0.717, 1.165) is 12.3 Å². The number of ether oxygens (including phenoxy) is 1. The average molecular weight is 374 g/mol. The summed E-state index contributed by atoms with van der Waals surface area (Å²) in [4.78, 5) is 32.1. The third-order valence-corrected chi connectivity index (χ3v) is 3.47. The molecule has 11 nitrogen and oxygen atoms in total. The Hall–Kier alpha value is -3.86. The normalized spacial score (nSPS) is 11.9. The molecule has 2 N–H and O–H groups in total. The van der Waals surface area contributed by atoms with Crippen LogP contribution < -0.4 is 5.43 Å². The van der Waals surface area contributed by atoms with E-state index in [0.29, 0.717) is 11.6 Å². The molecule has 2 aromatic carbocycles. The van der Waals surface area contributed by atoms with E-state index in [1.54, 1.807) is 30.3 Å². The molecule has 27 heavy (non-hydrogen) atoms. The highest BCUT2D eigenvalue weighted by Crippen LogP contribution is 2.33. The van der Waals surface area contributed by atoms with Gasteiger partial charge in [-0.1, -0.05) is 30.3 Å². The summed E-state index contributed by atoms with van der Waals surface area (Å²) in [6.45, 7) is 0. The number of non-ortho nitro benzene ring substituents is 1. The smallest absolute Gasteiger partial charge is 0.318 e. The number of phenols is 1. The van der Waals surface area contributed by atoms with Gasteiger partial charge in [-0.25, -0.2) is 5.43 Å². The highest BCUT2D eigenvalue weighted by molar-refractivity contribution is 5.89. The Morgan fingerprint density at radius 2 is 1.89 bits per heavy atom. The van der Waals surface area contributed by atoms with Gasteiger partial charge < -0.3 is 9.84 Å². The highest BCUT2D eigenvalue weighted by Gasteiger charge is 2.23. The van der Waals surface area contributed by atoms with E-state index in [4.69, 9.17) is 4.74 Å². The molecular weight excluding hydrogens is 360 g/mol. The van der Waals surface area contributed by atoms with Crippen LogP contribution in [0.5, 0.6) is 5.75 Å². The number of carbonyl (C=O) groups is 1. The summed E-state index contributed by atoms with van der Waals surface area (Å²) in [5, 5.41) is 35.2. The van der Waals surface area contributed by atoms with Crippen molar-refractivity contribution in [2.45, 2.75) is 6.10 Å². The molecule has 0 heterocycles. The Morgan fingerprint density at radius 3 is 2.44 bits per heavy atom. The Kier molecular flexibility index (Phi) is 6.12. The molecule has 0 aliphatic carbocycles. The second kappa shape index (κ2) is 8.49. The number of hydrogen-bond acceptors (Lipinski definition) is 8. The minimum Gasteiger partial charge on any atom is -0.502 e. The number of rotatable bonds is 7. The summed E-state index contributed by atoms with van der Waals surface area (Å²) >= 11 is 0. The zero-order valence-electron chi connectivity index (χ0n) is 13.9. The number of nitro groups is 2. The molecule has 11 heteroatoms. The summed E-state index contributed by atoms with van der Waals surface area (Å²) in [5.74, 6) is -1.45. The molecule has 0 saturated carbocycles. The van der Waals surface area contributed by atoms with E-state index >= 15 is 0 Å². The molecule has 0 aliphatic heterocycles. The van der Waals surface area contributed by atoms with Gasteiger partial charge in [-0.3, -0.25) is 25.0 Å². The molecule has 0 aliphatic rings. The second-order valence-electron chi connectivity index (χ2n) is 5.18. The lowest BCUT2D eigenvalue weighted by Gasteiger charge is -2.13. The molecule has 2 aromatic rings. The van der Waals surface area contributed by atoms with Gasteiger partial charge in [-0.2, -0.15) is 5.10 Å². The predicted octanol–water partition coefficient (Wildman–Crippen LogP) is 2.05. The van der Waals surface area contributed by atoms with Crippen LogP contribution in [0.1, 0.15) is 17.2 Å². The van der Waals surface area contributed by atoms with E-state index in [1.807, 2.05) is 0 Å². The van der Waals surface area contributed by atoms with Gasteiger partial charge in [-0.05, 0) is 5.56 Å². The monoisotopic (exact) mass is 374 g/mol. The van der Waals surface area contributed by atoms with Crippen molar-refractivity contribution in [3.8, 4) is 5.75 Å². The van der Waals surface area contributed by atoms with E-state index in [1.165, 1.54) is 7.11 Å². The number of nitrogens with one attached hydrogen (secondary N) is 1. The summed E-state index contributed by atoms with van der Waals surface area (Å²) in [6.07, 6.45) is -0.0957. The maximum atomic E-state index is 12.2. The van der Waals surface area contributed by atoms with Gasteiger partial charge in [0.2, 0.25) is 5.75 Å². The predicted molar refractivity (Wildman–Crippen MR) is 93.3 cm³/mol. The minimum absolute atomic E-state index is 0.301. The quantitative estimate of drug-likeness (QED) is 0.426. The first kappa shape index (κ1) is 19.5. The third kappa shape index (κ3) is 4.61. The van der Waals surface area contributed by atoms with Crippen LogP contribution in [-0.4, -0.2) is 34.2 Å². The molecule has 0 fully saturated rings. The molecule has 0 radical (unpaired) electrons. The van der Waals surface area contributed by atoms with Crippen LogP contribution in [0.15, 0.2) is 47.6 Å². The van der Waals surface area contributed by atoms with Crippen LogP contribution in [0.2, 0.25) is 0 Å². The van der Waals surface area contributed by atoms with Crippen molar-refractivity contribution < 1.29 is 24.5 Å². The number of nitrogens with zero attached hydrogens (tertiary/aromatic N) is 3. The molecule has 1 atom stereocenters. The summed E-state index contributed by atoms with van der Waals surface area (Å²) in [6, 6.07) is 10.1. The van der Waals surface area contributed by atoms with Crippen molar-refractivity contribution in [3.05, 3.63) is 73.8 Å². The van der Waals surface area contributed by atoms with Crippen LogP contribution in [0.3, 0.4) is 0 Å². The number of phenolic OH excluding ortho intramolecular Hbond substituents is 1. The first-order valence-corrected chi connectivity index (χ1v) is 7.41. The maximum Gasteiger partial charge on any atom is 0.318 e. The van der Waals surface area contributed by atoms with E-state index in [-0.39, 0.29) is 5.56 Å². The number of carbonyl (C=O) groups excluding carboxylic acids is 1. The number of aromatic hydroxyl groups is 1. The fourth-order valence-corrected chi connectivity index (χ4v) is 2.22. The molecule has 140 valence electrons. The van der Waals surface area contributed by atoms with Crippen LogP contribution in [-0.2, 0) is 9.53 Å². The van der Waals surface area contributed by atoms with Gasteiger partial charge in [0.1, 0.15) is 0 Å². The Bertz CT molecular complexity index is 899. The fourth-order valence-electron chi connectivity index (χ4n) is 2.22. The molecule has 2 rings (SSSR count). The first-order valence-electron chi connectivity index (χ1n) is 7.41. The molecule has 1 unspecified atom stereocenters. The lowest BCUT2D eigenvalue weighted by atomic mass is 10.1. The van der Waals surface area contributed by atoms with Gasteiger partial charge in [0.05, 0.1) is 27.7 Å². The van der Waals surface area contributed by atoms with E-state index in [2.05, 4.69) is 10.5 Å². The number of methoxy groups -OCH3 is 1. The maximum absolute atomic E-state index is 12.2. The van der Waals surface area contributed by atoms with Gasteiger partial charge in [-0.15, -0.1) is 0 Å². The number of amides is 1. The minimum atomic E-state index is -0.964. The van der Waals surface area contributed by atoms with Crippen LogP contribution in [0.4, 0.5) is 11.4 Å². The Labute approximate surface area is 152 Å². The summed E-state index contributed by atoms with van der Waals surface area (Å²) in [7, 11) is 1.33. The van der Waals surface area contributed by atoms with E-state index in [9.17, 15) is 30.1 Å². The fraction of sp³-hybridized carbons (Fsp3) is 0.125. The van der Waals surface area contributed by atoms with Crippen molar-refractivity contribution in [1.29, 1.82) is 0 Å². The van der Waals surface area contributed by atoms with Crippen molar-refractivity contribution in [2.24, 2.45) is 5.10 Å². The van der Waals surface area contributed by atoms with Crippen molar-refractivity contribution in [1.82, 2.24) is 5.43 Å². The van der Waals surface area contributed by atoms with Crippen LogP contribution in [0.25, 0.3) is 0 Å². The molecule has 0 aromatic heterocycles. The number of benzene rings is 2. The van der Waals surface area contributed by atoms with Gasteiger partial charge in [0, 0.05) is 13.2 Å². The zero-order valence-corrected chi connectivity index (χ0v) is 13.9. The lowest BCUT2D eigenvalue weighted by molar-refractivity contribution is -0.394. The van der Waals surface area contributed by atoms with Crippen LogP contribution >= 0.6 is 0 Å². The molecule has 1 amide bonds. The Balaban J connectivity index is 2.23. The lowest BCUT2D eigenvalue weighted by Crippen LogP contribution is -2.26. The zero-order chi connectivity index (χ0) is 20.0. The third-order valence-electron chi connectivity index (χ3n) is 3.47. The Morgan fingerprint density at radius 1 is 1.22 bits per heavy atom. The molecule has 0 spiro atoms. The van der Waals surface area contributed by atoms with Crippen molar-refractivity contribution >= 4 is 23.5 Å². The number of hydrogen-bond donors (Lipinski definition) is 2. The summed E-state index contributed by atoms with van der Waals surface area (Å²) < 4.78 is 5.11. The largest absolute Gasteiger partial charge is 0.502 e. The first-order chi connectivity index (χ1) is 12.8. The van der Waals surface area contributed by atoms with Crippen molar-refractivity contribution in [2.75, 3.05) is 7.11 Å². The van der Waals surface area contributed by atoms with Gasteiger partial charge in [0.25, 0.3) is 11.6 Å². The number of hydrazone groups is 1. The SMILES string of the molecule is COC(C(=O)N/N=C\c1cc([N+](=O)[O-])cc([N+](=O)[O-])c1O)c1ccccc1. The number of nitro benzene ring substituents is 2. The summed E-state index contributed by atoms with van der Waals surface area (Å²) in [5.41, 5.74) is 0.974. The van der Waals surface area contributed by atoms with Gasteiger partial charge in [0.15, 0.2) is 6.10 Å². The topological polar surface area (TPSA) is 157 Å². The van der Waals surface area contributed by atoms with Crippen molar-refractivity contribution in [3.63, 3.8) is 0 Å². The second-order valence-corrected chi connectivity index (χ2v) is 5.18. The average Bonchev–Trinajstić information content (AvgIpc) is 2.64. The molecule has 0 saturated heterocycles. The highest BCUT2D eigenvalue weighted by atomic mass is 16.6. The van der Waals surface area contributed by atoms with Gasteiger partial charge >= 0.3 is 5.69 Å².